The lowest BCUT2D eigenvalue weighted by atomic mass is 10.1. The SMILES string of the molecule is N#Cc1n[nH]nc1-c1cc(OCc2cc(F)c(F)cc2F)cc(C(F)(F)F)c1. The Morgan fingerprint density at radius 1 is 0.964 bits per heavy atom. The minimum atomic E-state index is -4.75. The number of aromatic amines is 1. The summed E-state index contributed by atoms with van der Waals surface area (Å²) in [6, 6.07) is 5.04. The lowest BCUT2D eigenvalue weighted by molar-refractivity contribution is -0.137. The first kappa shape index (κ1) is 19.2. The fourth-order valence-electron chi connectivity index (χ4n) is 2.33. The number of hydrogen-bond acceptors (Lipinski definition) is 4. The Balaban J connectivity index is 1.98. The average molecular weight is 398 g/mol. The van der Waals surface area contributed by atoms with Gasteiger partial charge in [-0.2, -0.15) is 28.7 Å². The number of benzene rings is 2. The molecule has 3 rings (SSSR count). The van der Waals surface area contributed by atoms with Crippen LogP contribution in [0.4, 0.5) is 26.3 Å². The van der Waals surface area contributed by atoms with Gasteiger partial charge in [-0.1, -0.05) is 0 Å². The predicted octanol–water partition coefficient (Wildman–Crippen LogP) is 4.36. The van der Waals surface area contributed by atoms with Crippen molar-refractivity contribution in [1.82, 2.24) is 15.4 Å². The van der Waals surface area contributed by atoms with E-state index in [1.807, 2.05) is 0 Å². The smallest absolute Gasteiger partial charge is 0.416 e. The number of nitrogens with one attached hydrogen (secondary N) is 1. The third-order valence-electron chi connectivity index (χ3n) is 3.64. The highest BCUT2D eigenvalue weighted by molar-refractivity contribution is 5.67. The van der Waals surface area contributed by atoms with Crippen molar-refractivity contribution in [2.24, 2.45) is 0 Å². The molecular formula is C17H8F6N4O. The minimum absolute atomic E-state index is 0.124. The van der Waals surface area contributed by atoms with Gasteiger partial charge in [0, 0.05) is 17.2 Å². The molecule has 0 spiro atoms. The lowest BCUT2D eigenvalue weighted by Gasteiger charge is -2.13. The molecule has 0 bridgehead atoms. The maximum Gasteiger partial charge on any atom is 0.416 e. The lowest BCUT2D eigenvalue weighted by Crippen LogP contribution is -2.07. The van der Waals surface area contributed by atoms with Gasteiger partial charge in [0.2, 0.25) is 0 Å². The van der Waals surface area contributed by atoms with E-state index in [-0.39, 0.29) is 22.7 Å². The molecule has 1 heterocycles. The second-order valence-electron chi connectivity index (χ2n) is 5.52. The van der Waals surface area contributed by atoms with Gasteiger partial charge in [-0.05, 0) is 24.3 Å². The third-order valence-corrected chi connectivity index (χ3v) is 3.64. The van der Waals surface area contributed by atoms with Crippen molar-refractivity contribution >= 4 is 0 Å². The maximum absolute atomic E-state index is 13.7. The molecule has 0 amide bonds. The fourth-order valence-corrected chi connectivity index (χ4v) is 2.33. The van der Waals surface area contributed by atoms with Gasteiger partial charge >= 0.3 is 6.18 Å². The van der Waals surface area contributed by atoms with Crippen LogP contribution in [-0.4, -0.2) is 15.4 Å². The largest absolute Gasteiger partial charge is 0.489 e. The van der Waals surface area contributed by atoms with Crippen LogP contribution in [0.1, 0.15) is 16.8 Å². The highest BCUT2D eigenvalue weighted by atomic mass is 19.4. The Bertz CT molecular complexity index is 1070. The number of hydrogen-bond donors (Lipinski definition) is 1. The van der Waals surface area contributed by atoms with Crippen LogP contribution in [0, 0.1) is 28.8 Å². The predicted molar refractivity (Wildman–Crippen MR) is 82.2 cm³/mol. The van der Waals surface area contributed by atoms with Crippen LogP contribution in [0.3, 0.4) is 0 Å². The van der Waals surface area contributed by atoms with Gasteiger partial charge in [-0.25, -0.2) is 13.2 Å². The minimum Gasteiger partial charge on any atom is -0.489 e. The van der Waals surface area contributed by atoms with Crippen molar-refractivity contribution in [3.05, 3.63) is 64.6 Å². The zero-order valence-corrected chi connectivity index (χ0v) is 13.6. The Kier molecular flexibility index (Phi) is 4.96. The molecule has 0 aliphatic heterocycles. The molecule has 0 aliphatic rings. The maximum atomic E-state index is 13.7. The van der Waals surface area contributed by atoms with Gasteiger partial charge in [0.25, 0.3) is 0 Å². The Hall–Kier alpha value is -3.55. The quantitative estimate of drug-likeness (QED) is 0.524. The summed E-state index contributed by atoms with van der Waals surface area (Å²) in [6.07, 6.45) is -4.75. The van der Waals surface area contributed by atoms with Crippen molar-refractivity contribution < 1.29 is 31.1 Å². The molecule has 1 N–H and O–H groups in total. The van der Waals surface area contributed by atoms with Crippen LogP contribution in [0.15, 0.2) is 30.3 Å². The van der Waals surface area contributed by atoms with Gasteiger partial charge in [-0.15, -0.1) is 5.10 Å². The molecule has 0 unspecified atom stereocenters. The summed E-state index contributed by atoms with van der Waals surface area (Å²) >= 11 is 0. The van der Waals surface area contributed by atoms with E-state index in [1.54, 1.807) is 6.07 Å². The standard InChI is InChI=1S/C17H8F6N4O/c18-12-5-14(20)13(19)3-9(12)7-28-11-2-8(1-10(4-11)17(21,22)23)16-15(6-24)25-27-26-16/h1-5H,7H2,(H,25,26,27). The molecule has 11 heteroatoms. The van der Waals surface area contributed by atoms with Crippen LogP contribution in [0.25, 0.3) is 11.3 Å². The van der Waals surface area contributed by atoms with E-state index in [2.05, 4.69) is 15.4 Å². The first-order valence-corrected chi connectivity index (χ1v) is 7.49. The number of nitrogens with zero attached hydrogens (tertiary/aromatic N) is 3. The van der Waals surface area contributed by atoms with Crippen LogP contribution >= 0.6 is 0 Å². The van der Waals surface area contributed by atoms with Crippen molar-refractivity contribution in [1.29, 1.82) is 5.26 Å². The third kappa shape index (κ3) is 3.90. The van der Waals surface area contributed by atoms with Gasteiger partial charge in [0.05, 0.1) is 5.56 Å². The highest BCUT2D eigenvalue weighted by Gasteiger charge is 2.32. The summed E-state index contributed by atoms with van der Waals surface area (Å²) in [6.45, 7) is -0.659. The van der Waals surface area contributed by atoms with Gasteiger partial charge in [0.1, 0.15) is 29.9 Å². The van der Waals surface area contributed by atoms with Gasteiger partial charge in [0.15, 0.2) is 17.3 Å². The summed E-state index contributed by atoms with van der Waals surface area (Å²) in [5.74, 6) is -4.20. The summed E-state index contributed by atoms with van der Waals surface area (Å²) in [7, 11) is 0. The monoisotopic (exact) mass is 398 g/mol. The summed E-state index contributed by atoms with van der Waals surface area (Å²) in [4.78, 5) is 0. The molecule has 0 saturated heterocycles. The van der Waals surface area contributed by atoms with Crippen molar-refractivity contribution in [3.8, 4) is 23.1 Å². The van der Waals surface area contributed by atoms with E-state index in [0.717, 1.165) is 12.1 Å². The molecule has 144 valence electrons. The molecule has 5 nitrogen and oxygen atoms in total. The average Bonchev–Trinajstić information content (AvgIpc) is 3.11. The van der Waals surface area contributed by atoms with Crippen molar-refractivity contribution in [2.45, 2.75) is 12.8 Å². The normalized spacial score (nSPS) is 11.3. The van der Waals surface area contributed by atoms with E-state index >= 15 is 0 Å². The molecule has 1 aromatic heterocycles. The Labute approximate surface area is 153 Å². The van der Waals surface area contributed by atoms with Crippen LogP contribution in [-0.2, 0) is 12.8 Å². The zero-order valence-electron chi connectivity index (χ0n) is 13.6. The number of H-pyrrole nitrogens is 1. The number of aromatic nitrogens is 3. The Morgan fingerprint density at radius 3 is 2.36 bits per heavy atom. The Morgan fingerprint density at radius 2 is 1.68 bits per heavy atom. The molecule has 2 aromatic carbocycles. The number of halogens is 6. The summed E-state index contributed by atoms with van der Waals surface area (Å²) < 4.78 is 84.6. The van der Waals surface area contributed by atoms with E-state index in [1.165, 1.54) is 0 Å². The van der Waals surface area contributed by atoms with Crippen molar-refractivity contribution in [3.63, 3.8) is 0 Å². The molecule has 0 radical (unpaired) electrons. The zero-order chi connectivity index (χ0) is 20.5. The van der Waals surface area contributed by atoms with Crippen LogP contribution < -0.4 is 4.74 Å². The van der Waals surface area contributed by atoms with E-state index in [4.69, 9.17) is 10.00 Å². The van der Waals surface area contributed by atoms with Crippen LogP contribution in [0.5, 0.6) is 5.75 Å². The molecule has 0 fully saturated rings. The van der Waals surface area contributed by atoms with Crippen molar-refractivity contribution in [2.75, 3.05) is 0 Å². The number of rotatable bonds is 4. The van der Waals surface area contributed by atoms with Gasteiger partial charge in [-0.3, -0.25) is 0 Å². The molecular weight excluding hydrogens is 390 g/mol. The van der Waals surface area contributed by atoms with E-state index in [0.29, 0.717) is 18.2 Å². The number of ether oxygens (including phenoxy) is 1. The van der Waals surface area contributed by atoms with E-state index in [9.17, 15) is 26.3 Å². The second-order valence-corrected chi connectivity index (χ2v) is 5.52. The topological polar surface area (TPSA) is 74.6 Å². The summed E-state index contributed by atoms with van der Waals surface area (Å²) in [5, 5.41) is 18.2. The molecule has 28 heavy (non-hydrogen) atoms. The molecule has 0 atom stereocenters. The molecule has 0 aliphatic carbocycles. The van der Waals surface area contributed by atoms with Gasteiger partial charge < -0.3 is 4.74 Å². The molecule has 3 aromatic rings. The van der Waals surface area contributed by atoms with Crippen LogP contribution in [0.2, 0.25) is 0 Å². The first-order valence-electron chi connectivity index (χ1n) is 7.49. The molecule has 0 saturated carbocycles. The second kappa shape index (κ2) is 7.22. The van der Waals surface area contributed by atoms with E-state index < -0.39 is 41.4 Å². The summed E-state index contributed by atoms with van der Waals surface area (Å²) in [5.41, 5.74) is -2.01. The first-order chi connectivity index (χ1) is 13.2. The number of nitriles is 1. The number of alkyl halides is 3. The highest BCUT2D eigenvalue weighted by Crippen LogP contribution is 2.36. The fraction of sp³-hybridized carbons (Fsp3) is 0.118.